The molecule has 0 aliphatic heterocycles. The lowest BCUT2D eigenvalue weighted by molar-refractivity contribution is 0.281. The van der Waals surface area contributed by atoms with Gasteiger partial charge >= 0.3 is 0 Å². The number of phenolic OH excluding ortho intramolecular Hbond substituents is 2. The summed E-state index contributed by atoms with van der Waals surface area (Å²) in [6.07, 6.45) is 0. The van der Waals surface area contributed by atoms with E-state index in [0.29, 0.717) is 29.9 Å². The highest BCUT2D eigenvalue weighted by molar-refractivity contribution is 5.83. The number of aliphatic hydroxyl groups excluding tert-OH is 2. The second kappa shape index (κ2) is 7.02. The minimum Gasteiger partial charge on any atom is -0.508 e. The first kappa shape index (κ1) is 15.9. The maximum absolute atomic E-state index is 10.00. The molecule has 0 unspecified atom stereocenters. The van der Waals surface area contributed by atoms with Crippen molar-refractivity contribution in [1.29, 1.82) is 0 Å². The first-order chi connectivity index (χ1) is 10.6. The number of aliphatic hydroxyl groups is 2. The molecule has 0 amide bonds. The van der Waals surface area contributed by atoms with Gasteiger partial charge in [-0.2, -0.15) is 0 Å². The zero-order valence-electron chi connectivity index (χ0n) is 12.1. The van der Waals surface area contributed by atoms with Crippen LogP contribution in [0.3, 0.4) is 0 Å². The zero-order chi connectivity index (χ0) is 16.1. The van der Waals surface area contributed by atoms with Gasteiger partial charge in [0.05, 0.1) is 13.2 Å². The van der Waals surface area contributed by atoms with Crippen molar-refractivity contribution in [2.45, 2.75) is 0 Å². The Morgan fingerprint density at radius 3 is 2.14 bits per heavy atom. The quantitative estimate of drug-likeness (QED) is 0.512. The normalized spacial score (nSPS) is 10.6. The van der Waals surface area contributed by atoms with Crippen LogP contribution in [0.25, 0.3) is 11.1 Å². The summed E-state index contributed by atoms with van der Waals surface area (Å²) in [4.78, 5) is 1.82. The van der Waals surface area contributed by atoms with Crippen molar-refractivity contribution in [3.05, 3.63) is 36.4 Å². The molecule has 6 heteroatoms. The summed E-state index contributed by atoms with van der Waals surface area (Å²) < 4.78 is 0. The first-order valence-corrected chi connectivity index (χ1v) is 6.95. The summed E-state index contributed by atoms with van der Waals surface area (Å²) in [5, 5.41) is 37.6. The predicted octanol–water partition coefficient (Wildman–Crippen LogP) is 1.14. The van der Waals surface area contributed by atoms with Crippen LogP contribution in [0.2, 0.25) is 0 Å². The fraction of sp³-hybridized carbons (Fsp3) is 0.250. The Labute approximate surface area is 128 Å². The van der Waals surface area contributed by atoms with Crippen LogP contribution < -0.4 is 10.6 Å². The molecule has 0 aromatic heterocycles. The van der Waals surface area contributed by atoms with E-state index in [9.17, 15) is 10.2 Å². The van der Waals surface area contributed by atoms with Crippen molar-refractivity contribution in [2.75, 3.05) is 36.9 Å². The molecule has 118 valence electrons. The Morgan fingerprint density at radius 1 is 0.864 bits per heavy atom. The Balaban J connectivity index is 2.45. The summed E-state index contributed by atoms with van der Waals surface area (Å²) in [6.45, 7) is 0.686. The van der Waals surface area contributed by atoms with Gasteiger partial charge in [0.1, 0.15) is 11.5 Å². The van der Waals surface area contributed by atoms with Gasteiger partial charge in [-0.15, -0.1) is 0 Å². The Bertz CT molecular complexity index is 640. The van der Waals surface area contributed by atoms with Gasteiger partial charge < -0.3 is 31.1 Å². The van der Waals surface area contributed by atoms with Crippen LogP contribution in [0.15, 0.2) is 36.4 Å². The third kappa shape index (κ3) is 3.41. The lowest BCUT2D eigenvalue weighted by Crippen LogP contribution is -2.29. The highest BCUT2D eigenvalue weighted by Gasteiger charge is 2.12. The number of nitrogen functional groups attached to an aromatic ring is 1. The summed E-state index contributed by atoms with van der Waals surface area (Å²) in [5.41, 5.74) is 8.37. The molecular weight excluding hydrogens is 284 g/mol. The van der Waals surface area contributed by atoms with E-state index in [0.717, 1.165) is 5.69 Å². The molecule has 0 fully saturated rings. The molecule has 0 radical (unpaired) electrons. The number of nitrogens with two attached hydrogens (primary N) is 1. The van der Waals surface area contributed by atoms with Gasteiger partial charge in [-0.1, -0.05) is 0 Å². The number of benzene rings is 2. The van der Waals surface area contributed by atoms with E-state index in [1.807, 2.05) is 4.90 Å². The highest BCUT2D eigenvalue weighted by atomic mass is 16.3. The third-order valence-corrected chi connectivity index (χ3v) is 3.41. The number of hydrogen-bond donors (Lipinski definition) is 5. The van der Waals surface area contributed by atoms with Crippen LogP contribution in [0, 0.1) is 0 Å². The van der Waals surface area contributed by atoms with Crippen molar-refractivity contribution >= 4 is 11.4 Å². The second-order valence-electron chi connectivity index (χ2n) is 4.91. The smallest absolute Gasteiger partial charge is 0.127 e. The van der Waals surface area contributed by atoms with Crippen molar-refractivity contribution in [2.24, 2.45) is 0 Å². The molecule has 0 atom stereocenters. The average Bonchev–Trinajstić information content (AvgIpc) is 2.48. The fourth-order valence-corrected chi connectivity index (χ4v) is 2.33. The maximum Gasteiger partial charge on any atom is 0.127 e. The largest absolute Gasteiger partial charge is 0.508 e. The van der Waals surface area contributed by atoms with Gasteiger partial charge in [0.2, 0.25) is 0 Å². The molecule has 0 saturated heterocycles. The third-order valence-electron chi connectivity index (χ3n) is 3.41. The van der Waals surface area contributed by atoms with Gasteiger partial charge in [-0.3, -0.25) is 0 Å². The lowest BCUT2D eigenvalue weighted by Gasteiger charge is -2.24. The number of rotatable bonds is 6. The van der Waals surface area contributed by atoms with E-state index in [2.05, 4.69) is 0 Å². The molecule has 2 aromatic carbocycles. The summed E-state index contributed by atoms with van der Waals surface area (Å²) in [6, 6.07) is 9.59. The zero-order valence-corrected chi connectivity index (χ0v) is 12.1. The van der Waals surface area contributed by atoms with Crippen LogP contribution in [-0.2, 0) is 0 Å². The van der Waals surface area contributed by atoms with E-state index in [4.69, 9.17) is 15.9 Å². The summed E-state index contributed by atoms with van der Waals surface area (Å²) in [7, 11) is 0. The van der Waals surface area contributed by atoms with Crippen molar-refractivity contribution in [3.8, 4) is 22.6 Å². The first-order valence-electron chi connectivity index (χ1n) is 6.95. The molecular formula is C16H20N2O4. The van der Waals surface area contributed by atoms with Crippen LogP contribution in [0.4, 0.5) is 11.4 Å². The van der Waals surface area contributed by atoms with Crippen molar-refractivity contribution in [3.63, 3.8) is 0 Å². The monoisotopic (exact) mass is 304 g/mol. The number of phenols is 2. The Kier molecular flexibility index (Phi) is 5.08. The second-order valence-corrected chi connectivity index (χ2v) is 4.91. The predicted molar refractivity (Wildman–Crippen MR) is 86.0 cm³/mol. The molecule has 0 aliphatic carbocycles. The average molecular weight is 304 g/mol. The molecule has 22 heavy (non-hydrogen) atoms. The molecule has 0 bridgehead atoms. The van der Waals surface area contributed by atoms with E-state index in [1.165, 1.54) is 12.1 Å². The van der Waals surface area contributed by atoms with Crippen LogP contribution in [0.1, 0.15) is 0 Å². The summed E-state index contributed by atoms with van der Waals surface area (Å²) in [5.74, 6) is -0.0992. The Hall–Kier alpha value is -2.44. The van der Waals surface area contributed by atoms with E-state index < -0.39 is 0 Å². The Morgan fingerprint density at radius 2 is 1.55 bits per heavy atom. The number of hydrogen-bond acceptors (Lipinski definition) is 6. The van der Waals surface area contributed by atoms with Gasteiger partial charge in [-0.25, -0.2) is 0 Å². The van der Waals surface area contributed by atoms with Crippen LogP contribution in [0.5, 0.6) is 11.5 Å². The number of nitrogens with zero attached hydrogens (tertiary/aromatic N) is 1. The van der Waals surface area contributed by atoms with Gasteiger partial charge in [0.15, 0.2) is 0 Å². The molecule has 2 rings (SSSR count). The summed E-state index contributed by atoms with van der Waals surface area (Å²) >= 11 is 0. The van der Waals surface area contributed by atoms with E-state index >= 15 is 0 Å². The number of anilines is 2. The minimum atomic E-state index is -0.0697. The highest BCUT2D eigenvalue weighted by Crippen LogP contribution is 2.37. The SMILES string of the molecule is Nc1ccc(N(CCO)CCO)cc1-c1ccc(O)cc1O. The maximum atomic E-state index is 10.00. The molecule has 6 nitrogen and oxygen atoms in total. The van der Waals surface area contributed by atoms with Gasteiger partial charge in [0, 0.05) is 41.7 Å². The van der Waals surface area contributed by atoms with Crippen LogP contribution >= 0.6 is 0 Å². The van der Waals surface area contributed by atoms with Gasteiger partial charge in [-0.05, 0) is 30.3 Å². The van der Waals surface area contributed by atoms with Crippen molar-refractivity contribution < 1.29 is 20.4 Å². The van der Waals surface area contributed by atoms with Crippen LogP contribution in [-0.4, -0.2) is 46.7 Å². The minimum absolute atomic E-state index is 0.0295. The van der Waals surface area contributed by atoms with E-state index in [1.54, 1.807) is 24.3 Å². The van der Waals surface area contributed by atoms with Crippen molar-refractivity contribution in [1.82, 2.24) is 0 Å². The molecule has 0 heterocycles. The molecule has 6 N–H and O–H groups in total. The van der Waals surface area contributed by atoms with Gasteiger partial charge in [0.25, 0.3) is 0 Å². The molecule has 0 aliphatic rings. The standard InChI is InChI=1S/C16H20N2O4/c17-15-4-1-11(18(5-7-19)6-8-20)9-14(15)13-3-2-12(21)10-16(13)22/h1-4,9-10,19-22H,5-8,17H2. The fourth-order valence-electron chi connectivity index (χ4n) is 2.33. The lowest BCUT2D eigenvalue weighted by atomic mass is 10.0. The van der Waals surface area contributed by atoms with E-state index in [-0.39, 0.29) is 24.7 Å². The molecule has 0 saturated carbocycles. The topological polar surface area (TPSA) is 110 Å². The number of aromatic hydroxyl groups is 2. The molecule has 0 spiro atoms. The molecule has 2 aromatic rings.